The number of carbonyl (C=O) groups is 1. The predicted molar refractivity (Wildman–Crippen MR) is 87.4 cm³/mol. The van der Waals surface area contributed by atoms with Crippen LogP contribution in [-0.2, 0) is 4.74 Å². The van der Waals surface area contributed by atoms with E-state index in [1.165, 1.54) is 0 Å². The highest BCUT2D eigenvalue weighted by molar-refractivity contribution is 5.94. The van der Waals surface area contributed by atoms with Gasteiger partial charge in [0.2, 0.25) is 0 Å². The van der Waals surface area contributed by atoms with Crippen LogP contribution in [0, 0.1) is 11.3 Å². The molecule has 23 heavy (non-hydrogen) atoms. The molecule has 1 aromatic rings. The molecule has 2 aliphatic heterocycles. The summed E-state index contributed by atoms with van der Waals surface area (Å²) >= 11 is 0. The van der Waals surface area contributed by atoms with E-state index in [1.54, 1.807) is 6.20 Å². The van der Waals surface area contributed by atoms with Crippen LogP contribution < -0.4 is 5.32 Å². The van der Waals surface area contributed by atoms with Crippen LogP contribution >= 0.6 is 0 Å². The van der Waals surface area contributed by atoms with E-state index in [0.717, 1.165) is 25.9 Å². The summed E-state index contributed by atoms with van der Waals surface area (Å²) in [5.74, 6) is 1.49. The van der Waals surface area contributed by atoms with Gasteiger partial charge in [-0.15, -0.1) is 0 Å². The monoisotopic (exact) mass is 319 g/mol. The number of nitrogens with one attached hydrogen (secondary N) is 1. The molecule has 0 aliphatic carbocycles. The Labute approximate surface area is 136 Å². The summed E-state index contributed by atoms with van der Waals surface area (Å²) in [6, 6.07) is 3.64. The number of aliphatic hydroxyl groups is 1. The van der Waals surface area contributed by atoms with Crippen LogP contribution in [0.3, 0.4) is 0 Å². The Bertz CT molecular complexity index is 529. The van der Waals surface area contributed by atoms with Gasteiger partial charge in [0, 0.05) is 25.8 Å². The first-order valence-electron chi connectivity index (χ1n) is 8.30. The molecular weight excluding hydrogens is 294 g/mol. The molecule has 1 amide bonds. The molecule has 2 N–H and O–H groups in total. The third-order valence-corrected chi connectivity index (χ3v) is 4.88. The van der Waals surface area contributed by atoms with E-state index >= 15 is 0 Å². The molecule has 6 heteroatoms. The first kappa shape index (κ1) is 16.2. The van der Waals surface area contributed by atoms with Crippen LogP contribution in [0.1, 0.15) is 30.1 Å². The van der Waals surface area contributed by atoms with E-state index in [-0.39, 0.29) is 17.9 Å². The molecule has 0 radical (unpaired) electrons. The summed E-state index contributed by atoms with van der Waals surface area (Å²) < 4.78 is 5.17. The lowest BCUT2D eigenvalue weighted by Crippen LogP contribution is -2.50. The minimum absolute atomic E-state index is 0.0650. The second-order valence-corrected chi connectivity index (χ2v) is 6.91. The van der Waals surface area contributed by atoms with Crippen molar-refractivity contribution in [3.63, 3.8) is 0 Å². The zero-order chi connectivity index (χ0) is 16.3. The van der Waals surface area contributed by atoms with Gasteiger partial charge in [0.15, 0.2) is 0 Å². The van der Waals surface area contributed by atoms with Crippen molar-refractivity contribution in [2.45, 2.75) is 19.8 Å². The zero-order valence-corrected chi connectivity index (χ0v) is 13.6. The SMILES string of the molecule is CC1CCN(C(=O)c2ccc(NCC3(CO)COC3)nc2)CC1. The zero-order valence-electron chi connectivity index (χ0n) is 13.6. The summed E-state index contributed by atoms with van der Waals surface area (Å²) in [6.07, 6.45) is 3.78. The molecule has 0 bridgehead atoms. The topological polar surface area (TPSA) is 74.7 Å². The number of piperidine rings is 1. The molecule has 3 rings (SSSR count). The van der Waals surface area contributed by atoms with Gasteiger partial charge >= 0.3 is 0 Å². The Balaban J connectivity index is 1.55. The van der Waals surface area contributed by atoms with E-state index in [0.29, 0.717) is 37.1 Å². The number of ether oxygens (including phenoxy) is 1. The molecular formula is C17H25N3O3. The number of hydrogen-bond donors (Lipinski definition) is 2. The number of likely N-dealkylation sites (tertiary alicyclic amines) is 1. The standard InChI is InChI=1S/C17H25N3O3/c1-13-4-6-20(7-5-13)16(22)14-2-3-15(18-8-14)19-9-17(10-21)11-23-12-17/h2-3,8,13,21H,4-7,9-12H2,1H3,(H,18,19). The van der Waals surface area contributed by atoms with Gasteiger partial charge in [0.1, 0.15) is 5.82 Å². The Morgan fingerprint density at radius 1 is 1.43 bits per heavy atom. The number of hydrogen-bond acceptors (Lipinski definition) is 5. The Kier molecular flexibility index (Phi) is 4.82. The Morgan fingerprint density at radius 2 is 2.17 bits per heavy atom. The summed E-state index contributed by atoms with van der Waals surface area (Å²) in [4.78, 5) is 18.7. The van der Waals surface area contributed by atoms with E-state index in [9.17, 15) is 9.90 Å². The molecule has 0 atom stereocenters. The fourth-order valence-electron chi connectivity index (χ4n) is 2.94. The molecule has 0 aromatic carbocycles. The molecule has 6 nitrogen and oxygen atoms in total. The molecule has 0 spiro atoms. The minimum atomic E-state index is -0.194. The minimum Gasteiger partial charge on any atom is -0.396 e. The quantitative estimate of drug-likeness (QED) is 0.857. The highest BCUT2D eigenvalue weighted by Gasteiger charge is 2.37. The number of carbonyl (C=O) groups excluding carboxylic acids is 1. The number of anilines is 1. The number of pyridine rings is 1. The van der Waals surface area contributed by atoms with Crippen molar-refractivity contribution >= 4 is 11.7 Å². The van der Waals surface area contributed by atoms with E-state index in [1.807, 2.05) is 17.0 Å². The van der Waals surface area contributed by atoms with Crippen LogP contribution in [0.5, 0.6) is 0 Å². The van der Waals surface area contributed by atoms with Crippen LogP contribution in [0.2, 0.25) is 0 Å². The maximum absolute atomic E-state index is 12.5. The predicted octanol–water partition coefficient (Wildman–Crippen LogP) is 1.37. The van der Waals surface area contributed by atoms with E-state index < -0.39 is 0 Å². The second kappa shape index (κ2) is 6.84. The van der Waals surface area contributed by atoms with Crippen molar-refractivity contribution in [2.75, 3.05) is 44.8 Å². The van der Waals surface area contributed by atoms with Crippen LogP contribution in [0.4, 0.5) is 5.82 Å². The summed E-state index contributed by atoms with van der Waals surface area (Å²) in [5, 5.41) is 12.6. The Hall–Kier alpha value is -1.66. The molecule has 1 aromatic heterocycles. The van der Waals surface area contributed by atoms with Gasteiger partial charge in [-0.25, -0.2) is 4.98 Å². The van der Waals surface area contributed by atoms with Crippen molar-refractivity contribution in [2.24, 2.45) is 11.3 Å². The lowest BCUT2D eigenvalue weighted by molar-refractivity contribution is -0.128. The van der Waals surface area contributed by atoms with Crippen LogP contribution in [0.25, 0.3) is 0 Å². The molecule has 3 heterocycles. The number of aromatic nitrogens is 1. The molecule has 0 saturated carbocycles. The lowest BCUT2D eigenvalue weighted by atomic mass is 9.87. The van der Waals surface area contributed by atoms with Crippen molar-refractivity contribution in [3.8, 4) is 0 Å². The number of aliphatic hydroxyl groups excluding tert-OH is 1. The number of nitrogens with zero attached hydrogens (tertiary/aromatic N) is 2. The van der Waals surface area contributed by atoms with Crippen LogP contribution in [0.15, 0.2) is 18.3 Å². The molecule has 2 aliphatic rings. The lowest BCUT2D eigenvalue weighted by Gasteiger charge is -2.39. The smallest absolute Gasteiger partial charge is 0.255 e. The van der Waals surface area contributed by atoms with Gasteiger partial charge in [0.25, 0.3) is 5.91 Å². The molecule has 2 fully saturated rings. The van der Waals surface area contributed by atoms with Crippen LogP contribution in [-0.4, -0.2) is 60.4 Å². The fraction of sp³-hybridized carbons (Fsp3) is 0.647. The van der Waals surface area contributed by atoms with E-state index in [2.05, 4.69) is 17.2 Å². The fourth-order valence-corrected chi connectivity index (χ4v) is 2.94. The van der Waals surface area contributed by atoms with Gasteiger partial charge in [-0.1, -0.05) is 6.92 Å². The highest BCUT2D eigenvalue weighted by Crippen LogP contribution is 2.27. The van der Waals surface area contributed by atoms with E-state index in [4.69, 9.17) is 4.74 Å². The normalized spacial score (nSPS) is 20.9. The summed E-state index contributed by atoms with van der Waals surface area (Å²) in [7, 11) is 0. The van der Waals surface area contributed by atoms with Crippen molar-refractivity contribution in [1.29, 1.82) is 0 Å². The van der Waals surface area contributed by atoms with Gasteiger partial charge in [-0.05, 0) is 30.9 Å². The third-order valence-electron chi connectivity index (χ3n) is 4.88. The van der Waals surface area contributed by atoms with Crippen molar-refractivity contribution < 1.29 is 14.6 Å². The Morgan fingerprint density at radius 3 is 2.70 bits per heavy atom. The molecule has 0 unspecified atom stereocenters. The largest absolute Gasteiger partial charge is 0.396 e. The summed E-state index contributed by atoms with van der Waals surface area (Å²) in [6.45, 7) is 5.76. The molecule has 126 valence electrons. The first-order valence-corrected chi connectivity index (χ1v) is 8.30. The second-order valence-electron chi connectivity index (χ2n) is 6.91. The van der Waals surface area contributed by atoms with Gasteiger partial charge in [0.05, 0.1) is 30.8 Å². The first-order chi connectivity index (χ1) is 11.1. The van der Waals surface area contributed by atoms with Crippen molar-refractivity contribution in [3.05, 3.63) is 23.9 Å². The van der Waals surface area contributed by atoms with Gasteiger partial charge in [-0.2, -0.15) is 0 Å². The third kappa shape index (κ3) is 3.64. The maximum atomic E-state index is 12.5. The number of amides is 1. The molecule has 2 saturated heterocycles. The van der Waals surface area contributed by atoms with Gasteiger partial charge in [-0.3, -0.25) is 4.79 Å². The average Bonchev–Trinajstić information content (AvgIpc) is 2.55. The van der Waals surface area contributed by atoms with Crippen molar-refractivity contribution in [1.82, 2.24) is 9.88 Å². The summed E-state index contributed by atoms with van der Waals surface area (Å²) in [5.41, 5.74) is 0.440. The average molecular weight is 319 g/mol. The highest BCUT2D eigenvalue weighted by atomic mass is 16.5. The van der Waals surface area contributed by atoms with Gasteiger partial charge < -0.3 is 20.1 Å². The number of rotatable bonds is 5. The maximum Gasteiger partial charge on any atom is 0.255 e.